The molecule has 1 aliphatic rings. The molecular formula is C14H18N2. The highest BCUT2D eigenvalue weighted by Crippen LogP contribution is 1.98. The van der Waals surface area contributed by atoms with Gasteiger partial charge in [0.15, 0.2) is 0 Å². The van der Waals surface area contributed by atoms with Gasteiger partial charge in [-0.3, -0.25) is 4.90 Å². The van der Waals surface area contributed by atoms with Crippen LogP contribution in [0.25, 0.3) is 0 Å². The number of hydrogen-bond donors (Lipinski definition) is 0. The summed E-state index contributed by atoms with van der Waals surface area (Å²) in [5, 5.41) is 0. The number of benzene rings is 1. The second-order valence-electron chi connectivity index (χ2n) is 4.25. The van der Waals surface area contributed by atoms with Crippen LogP contribution in [-0.2, 0) is 0 Å². The van der Waals surface area contributed by atoms with Crippen LogP contribution >= 0.6 is 0 Å². The highest BCUT2D eigenvalue weighted by molar-refractivity contribution is 5.33. The summed E-state index contributed by atoms with van der Waals surface area (Å²) in [6.07, 6.45) is 0. The Bertz CT molecular complexity index is 367. The van der Waals surface area contributed by atoms with Crippen LogP contribution in [0.2, 0.25) is 0 Å². The van der Waals surface area contributed by atoms with Crippen molar-refractivity contribution in [3.63, 3.8) is 0 Å². The van der Waals surface area contributed by atoms with Crippen LogP contribution in [0.3, 0.4) is 0 Å². The van der Waals surface area contributed by atoms with Gasteiger partial charge in [-0.25, -0.2) is 0 Å². The molecule has 1 aromatic rings. The van der Waals surface area contributed by atoms with Gasteiger partial charge in [-0.2, -0.15) is 0 Å². The van der Waals surface area contributed by atoms with Gasteiger partial charge in [0.05, 0.1) is 6.54 Å². The second-order valence-corrected chi connectivity index (χ2v) is 4.25. The maximum atomic E-state index is 3.24. The van der Waals surface area contributed by atoms with Gasteiger partial charge in [-0.1, -0.05) is 30.0 Å². The highest BCUT2D eigenvalue weighted by atomic mass is 15.2. The fraction of sp³-hybridized carbons (Fsp3) is 0.429. The van der Waals surface area contributed by atoms with Gasteiger partial charge in [0.25, 0.3) is 0 Å². The van der Waals surface area contributed by atoms with E-state index in [2.05, 4.69) is 40.8 Å². The molecule has 2 rings (SSSR count). The zero-order valence-electron chi connectivity index (χ0n) is 9.82. The Hall–Kier alpha value is -1.30. The van der Waals surface area contributed by atoms with Crippen molar-refractivity contribution in [2.24, 2.45) is 0 Å². The lowest BCUT2D eigenvalue weighted by Crippen LogP contribution is -2.44. The first-order valence-electron chi connectivity index (χ1n) is 5.79. The van der Waals surface area contributed by atoms with Gasteiger partial charge in [-0.15, -0.1) is 0 Å². The molecule has 1 aliphatic heterocycles. The van der Waals surface area contributed by atoms with Crippen molar-refractivity contribution < 1.29 is 0 Å². The minimum absolute atomic E-state index is 0.892. The number of nitrogens with zero attached hydrogens (tertiary/aromatic N) is 2. The molecule has 84 valence electrons. The van der Waals surface area contributed by atoms with E-state index in [0.717, 1.165) is 38.3 Å². The van der Waals surface area contributed by atoms with Crippen LogP contribution in [0.5, 0.6) is 0 Å². The Morgan fingerprint density at radius 1 is 1.06 bits per heavy atom. The summed E-state index contributed by atoms with van der Waals surface area (Å²) in [6, 6.07) is 10.2. The molecule has 0 atom stereocenters. The maximum absolute atomic E-state index is 3.24. The zero-order valence-corrected chi connectivity index (χ0v) is 9.82. The normalized spacial score (nSPS) is 17.8. The molecule has 0 unspecified atom stereocenters. The number of piperazine rings is 1. The lowest BCUT2D eigenvalue weighted by Gasteiger charge is -2.30. The maximum Gasteiger partial charge on any atom is 0.0606 e. The first-order chi connectivity index (χ1) is 7.84. The van der Waals surface area contributed by atoms with E-state index >= 15 is 0 Å². The summed E-state index contributed by atoms with van der Waals surface area (Å²) >= 11 is 0. The molecule has 0 bridgehead atoms. The van der Waals surface area contributed by atoms with Crippen LogP contribution in [0.15, 0.2) is 30.3 Å². The first kappa shape index (κ1) is 11.2. The monoisotopic (exact) mass is 214 g/mol. The summed E-state index contributed by atoms with van der Waals surface area (Å²) < 4.78 is 0. The molecule has 0 amide bonds. The van der Waals surface area contributed by atoms with E-state index in [9.17, 15) is 0 Å². The molecule has 0 aromatic heterocycles. The summed E-state index contributed by atoms with van der Waals surface area (Å²) in [7, 11) is 2.17. The smallest absolute Gasteiger partial charge is 0.0606 e. The van der Waals surface area contributed by atoms with Crippen LogP contribution in [0.1, 0.15) is 5.56 Å². The minimum atomic E-state index is 0.892. The summed E-state index contributed by atoms with van der Waals surface area (Å²) in [5.74, 6) is 6.44. The van der Waals surface area contributed by atoms with E-state index in [1.54, 1.807) is 0 Å². The zero-order chi connectivity index (χ0) is 11.2. The highest BCUT2D eigenvalue weighted by Gasteiger charge is 2.11. The number of likely N-dealkylation sites (N-methyl/N-ethyl adjacent to an activating group) is 1. The van der Waals surface area contributed by atoms with E-state index < -0.39 is 0 Å². The van der Waals surface area contributed by atoms with Crippen molar-refractivity contribution in [1.82, 2.24) is 9.80 Å². The third kappa shape index (κ3) is 3.37. The van der Waals surface area contributed by atoms with Gasteiger partial charge in [0, 0.05) is 31.7 Å². The van der Waals surface area contributed by atoms with E-state index in [1.165, 1.54) is 0 Å². The van der Waals surface area contributed by atoms with E-state index in [4.69, 9.17) is 0 Å². The standard InChI is InChI=1S/C14H18N2/c1-15-10-12-16(13-11-15)9-5-8-14-6-3-2-4-7-14/h2-4,6-7H,9-13H2,1H3. The molecule has 2 heteroatoms. The Balaban J connectivity index is 1.82. The molecule has 0 spiro atoms. The third-order valence-corrected chi connectivity index (χ3v) is 2.91. The van der Waals surface area contributed by atoms with Crippen molar-refractivity contribution in [1.29, 1.82) is 0 Å². The quantitative estimate of drug-likeness (QED) is 0.650. The predicted octanol–water partition coefficient (Wildman–Crippen LogP) is 1.29. The summed E-state index contributed by atoms with van der Waals surface area (Å²) in [6.45, 7) is 5.49. The molecule has 0 radical (unpaired) electrons. The molecule has 1 aromatic carbocycles. The molecule has 1 saturated heterocycles. The molecular weight excluding hydrogens is 196 g/mol. The lowest BCUT2D eigenvalue weighted by molar-refractivity contribution is 0.168. The van der Waals surface area contributed by atoms with Crippen molar-refractivity contribution in [2.75, 3.05) is 39.8 Å². The number of hydrogen-bond acceptors (Lipinski definition) is 2. The Kier molecular flexibility index (Phi) is 3.98. The molecule has 1 heterocycles. The lowest BCUT2D eigenvalue weighted by atomic mass is 10.2. The van der Waals surface area contributed by atoms with Crippen molar-refractivity contribution in [3.8, 4) is 11.8 Å². The van der Waals surface area contributed by atoms with Gasteiger partial charge >= 0.3 is 0 Å². The van der Waals surface area contributed by atoms with E-state index in [0.29, 0.717) is 0 Å². The van der Waals surface area contributed by atoms with Crippen molar-refractivity contribution >= 4 is 0 Å². The molecule has 0 N–H and O–H groups in total. The minimum Gasteiger partial charge on any atom is -0.304 e. The van der Waals surface area contributed by atoms with Crippen LogP contribution in [-0.4, -0.2) is 49.6 Å². The predicted molar refractivity (Wildman–Crippen MR) is 67.3 cm³/mol. The van der Waals surface area contributed by atoms with Gasteiger partial charge in [0.2, 0.25) is 0 Å². The summed E-state index contributed by atoms with van der Waals surface area (Å²) in [4.78, 5) is 4.77. The number of rotatable bonds is 1. The Morgan fingerprint density at radius 3 is 2.44 bits per heavy atom. The average molecular weight is 214 g/mol. The third-order valence-electron chi connectivity index (χ3n) is 2.91. The van der Waals surface area contributed by atoms with Gasteiger partial charge in [-0.05, 0) is 19.2 Å². The largest absolute Gasteiger partial charge is 0.304 e. The molecule has 2 nitrogen and oxygen atoms in total. The fourth-order valence-electron chi connectivity index (χ4n) is 1.78. The van der Waals surface area contributed by atoms with E-state index in [-0.39, 0.29) is 0 Å². The van der Waals surface area contributed by atoms with E-state index in [1.807, 2.05) is 18.2 Å². The molecule has 0 saturated carbocycles. The van der Waals surface area contributed by atoms with Crippen molar-refractivity contribution in [3.05, 3.63) is 35.9 Å². The molecule has 16 heavy (non-hydrogen) atoms. The molecule has 0 aliphatic carbocycles. The molecule has 1 fully saturated rings. The Morgan fingerprint density at radius 2 is 1.75 bits per heavy atom. The SMILES string of the molecule is CN1CCN(CC#Cc2ccccc2)CC1. The van der Waals surface area contributed by atoms with Crippen LogP contribution in [0.4, 0.5) is 0 Å². The summed E-state index contributed by atoms with van der Waals surface area (Å²) in [5.41, 5.74) is 1.11. The second kappa shape index (κ2) is 5.69. The van der Waals surface area contributed by atoms with Crippen LogP contribution < -0.4 is 0 Å². The fourth-order valence-corrected chi connectivity index (χ4v) is 1.78. The average Bonchev–Trinajstić information content (AvgIpc) is 2.33. The van der Waals surface area contributed by atoms with Gasteiger partial charge < -0.3 is 4.90 Å². The van der Waals surface area contributed by atoms with Crippen LogP contribution in [0, 0.1) is 11.8 Å². The Labute approximate surface area is 97.9 Å². The van der Waals surface area contributed by atoms with Crippen molar-refractivity contribution in [2.45, 2.75) is 0 Å². The van der Waals surface area contributed by atoms with Gasteiger partial charge in [0.1, 0.15) is 0 Å². The topological polar surface area (TPSA) is 6.48 Å². The first-order valence-corrected chi connectivity index (χ1v) is 5.79.